The maximum atomic E-state index is 9.77. The smallest absolute Gasteiger partial charge is 0.335 e. The SMILES string of the molecule is CCc1cnccc1C[C@@H](O)C(Cl)(Cl)Cl.O=C(O)C(O)C(O)C(=O)O. The van der Waals surface area contributed by atoms with Crippen molar-refractivity contribution in [1.82, 2.24) is 4.98 Å². The molecule has 11 heteroatoms. The lowest BCUT2D eigenvalue weighted by Gasteiger charge is -2.19. The minimum absolute atomic E-state index is 0.322. The second-order valence-electron chi connectivity index (χ2n) is 4.83. The molecular weight excluding hydrogens is 401 g/mol. The molecule has 8 nitrogen and oxygen atoms in total. The Morgan fingerprint density at radius 1 is 1.08 bits per heavy atom. The van der Waals surface area contributed by atoms with Crippen LogP contribution in [0, 0.1) is 0 Å². The number of hydrogen-bond acceptors (Lipinski definition) is 6. The summed E-state index contributed by atoms with van der Waals surface area (Å²) in [5.74, 6) is -3.54. The summed E-state index contributed by atoms with van der Waals surface area (Å²) < 4.78 is -1.64. The van der Waals surface area contributed by atoms with Crippen LogP contribution in [0.5, 0.6) is 0 Å². The van der Waals surface area contributed by atoms with Gasteiger partial charge in [0.1, 0.15) is 6.10 Å². The number of carbonyl (C=O) groups is 2. The van der Waals surface area contributed by atoms with Crippen molar-refractivity contribution in [2.24, 2.45) is 0 Å². The van der Waals surface area contributed by atoms with Gasteiger partial charge in [-0.05, 0) is 23.6 Å². The summed E-state index contributed by atoms with van der Waals surface area (Å²) in [5.41, 5.74) is 2.03. The Bertz CT molecular complexity index is 562. The van der Waals surface area contributed by atoms with Crippen LogP contribution in [0.25, 0.3) is 0 Å². The van der Waals surface area contributed by atoms with E-state index in [2.05, 4.69) is 4.98 Å². The van der Waals surface area contributed by atoms with Gasteiger partial charge >= 0.3 is 11.9 Å². The van der Waals surface area contributed by atoms with Gasteiger partial charge in [-0.15, -0.1) is 0 Å². The van der Waals surface area contributed by atoms with Gasteiger partial charge in [-0.2, -0.15) is 0 Å². The van der Waals surface area contributed by atoms with Crippen LogP contribution in [-0.2, 0) is 22.4 Å². The van der Waals surface area contributed by atoms with Gasteiger partial charge < -0.3 is 25.5 Å². The van der Waals surface area contributed by atoms with Gasteiger partial charge in [-0.25, -0.2) is 9.59 Å². The summed E-state index contributed by atoms with van der Waals surface area (Å²) in [6.45, 7) is 2.02. The number of aromatic nitrogens is 1. The molecule has 3 atom stereocenters. The van der Waals surface area contributed by atoms with Gasteiger partial charge in [-0.1, -0.05) is 41.7 Å². The third-order valence-corrected chi connectivity index (χ3v) is 3.74. The number of aryl methyl sites for hydroxylation is 1. The molecule has 0 aromatic carbocycles. The molecule has 0 aliphatic carbocycles. The molecule has 1 aromatic rings. The summed E-state index contributed by atoms with van der Waals surface area (Å²) in [7, 11) is 0. The van der Waals surface area contributed by atoms with Crippen LogP contribution < -0.4 is 0 Å². The van der Waals surface area contributed by atoms with Crippen LogP contribution in [0.2, 0.25) is 0 Å². The molecule has 0 radical (unpaired) electrons. The molecule has 25 heavy (non-hydrogen) atoms. The Morgan fingerprint density at radius 2 is 1.56 bits per heavy atom. The standard InChI is InChI=1S/C10H12Cl3NO.C4H6O6/c1-2-7-6-14-4-3-8(7)5-9(15)10(11,12)13;5-1(3(7)8)2(6)4(9)10/h3-4,6,9,15H,2,5H2,1H3;1-2,5-6H,(H,7,8)(H,9,10)/t9-;/m1./s1. The maximum Gasteiger partial charge on any atom is 0.335 e. The van der Waals surface area contributed by atoms with Crippen LogP contribution in [-0.4, -0.2) is 64.6 Å². The van der Waals surface area contributed by atoms with Crippen molar-refractivity contribution in [3.05, 3.63) is 29.6 Å². The summed E-state index contributed by atoms with van der Waals surface area (Å²) in [6.07, 6.45) is -0.942. The lowest BCUT2D eigenvalue weighted by atomic mass is 10.0. The lowest BCUT2D eigenvalue weighted by molar-refractivity contribution is -0.165. The van der Waals surface area contributed by atoms with Crippen molar-refractivity contribution in [2.75, 3.05) is 0 Å². The molecule has 0 fully saturated rings. The van der Waals surface area contributed by atoms with E-state index in [1.807, 2.05) is 13.0 Å². The Kier molecular flexibility index (Phi) is 10.2. The van der Waals surface area contributed by atoms with Crippen molar-refractivity contribution >= 4 is 46.7 Å². The Balaban J connectivity index is 0.000000504. The van der Waals surface area contributed by atoms with Gasteiger partial charge in [0, 0.05) is 18.8 Å². The fraction of sp³-hybridized carbons (Fsp3) is 0.500. The van der Waals surface area contributed by atoms with E-state index in [-0.39, 0.29) is 0 Å². The molecular formula is C14H18Cl3NO7. The van der Waals surface area contributed by atoms with Crippen LogP contribution in [0.1, 0.15) is 18.1 Å². The van der Waals surface area contributed by atoms with Crippen LogP contribution >= 0.6 is 34.8 Å². The molecule has 0 aliphatic heterocycles. The summed E-state index contributed by atoms with van der Waals surface area (Å²) in [4.78, 5) is 23.5. The predicted octanol–water partition coefficient (Wildman–Crippen LogP) is 0.795. The largest absolute Gasteiger partial charge is 0.479 e. The number of aliphatic hydroxyl groups is 3. The first kappa shape index (κ1) is 23.8. The molecule has 0 bridgehead atoms. The Morgan fingerprint density at radius 3 is 1.92 bits per heavy atom. The number of pyridine rings is 1. The fourth-order valence-corrected chi connectivity index (χ4v) is 1.80. The molecule has 1 aromatic heterocycles. The van der Waals surface area contributed by atoms with Crippen molar-refractivity contribution in [3.8, 4) is 0 Å². The monoisotopic (exact) mass is 417 g/mol. The number of aliphatic carboxylic acids is 2. The third-order valence-electron chi connectivity index (χ3n) is 2.98. The maximum absolute atomic E-state index is 9.77. The van der Waals surface area contributed by atoms with E-state index in [9.17, 15) is 14.7 Å². The highest BCUT2D eigenvalue weighted by molar-refractivity contribution is 6.68. The molecule has 2 unspecified atom stereocenters. The molecule has 1 heterocycles. The van der Waals surface area contributed by atoms with Gasteiger partial charge in [0.2, 0.25) is 3.79 Å². The number of aliphatic hydroxyl groups excluding tert-OH is 3. The molecule has 1 rings (SSSR count). The minimum atomic E-state index is -2.27. The topological polar surface area (TPSA) is 148 Å². The van der Waals surface area contributed by atoms with Gasteiger partial charge in [-0.3, -0.25) is 4.98 Å². The normalized spacial score (nSPS) is 14.7. The average Bonchev–Trinajstić information content (AvgIpc) is 2.53. The molecule has 0 spiro atoms. The zero-order valence-electron chi connectivity index (χ0n) is 13.0. The van der Waals surface area contributed by atoms with Crippen LogP contribution in [0.3, 0.4) is 0 Å². The van der Waals surface area contributed by atoms with Crippen molar-refractivity contribution in [1.29, 1.82) is 0 Å². The highest BCUT2D eigenvalue weighted by Crippen LogP contribution is 2.32. The van der Waals surface area contributed by atoms with E-state index in [1.165, 1.54) is 0 Å². The molecule has 0 amide bonds. The number of halogens is 3. The predicted molar refractivity (Wildman–Crippen MR) is 90.9 cm³/mol. The zero-order chi connectivity index (χ0) is 19.8. The van der Waals surface area contributed by atoms with E-state index in [0.29, 0.717) is 6.42 Å². The first-order chi connectivity index (χ1) is 11.4. The van der Waals surface area contributed by atoms with Gasteiger partial charge in [0.05, 0.1) is 0 Å². The quantitative estimate of drug-likeness (QED) is 0.426. The number of carboxylic acid groups (broad SMARTS) is 2. The Hall–Kier alpha value is -1.16. The molecule has 0 saturated carbocycles. The summed E-state index contributed by atoms with van der Waals surface area (Å²) >= 11 is 16.8. The number of hydrogen-bond donors (Lipinski definition) is 5. The summed E-state index contributed by atoms with van der Waals surface area (Å²) in [6, 6.07) is 1.83. The zero-order valence-corrected chi connectivity index (χ0v) is 15.3. The number of alkyl halides is 3. The average molecular weight is 419 g/mol. The third kappa shape index (κ3) is 8.66. The highest BCUT2D eigenvalue weighted by Gasteiger charge is 2.31. The van der Waals surface area contributed by atoms with Crippen LogP contribution in [0.4, 0.5) is 0 Å². The van der Waals surface area contributed by atoms with Gasteiger partial charge in [0.15, 0.2) is 12.2 Å². The first-order valence-corrected chi connectivity index (χ1v) is 8.03. The highest BCUT2D eigenvalue weighted by atomic mass is 35.6. The van der Waals surface area contributed by atoms with Crippen molar-refractivity contribution in [2.45, 2.75) is 41.9 Å². The Labute approximate surface area is 158 Å². The van der Waals surface area contributed by atoms with E-state index in [4.69, 9.17) is 55.2 Å². The van der Waals surface area contributed by atoms with Crippen LogP contribution in [0.15, 0.2) is 18.5 Å². The van der Waals surface area contributed by atoms with Gasteiger partial charge in [0.25, 0.3) is 0 Å². The van der Waals surface area contributed by atoms with Crippen molar-refractivity contribution in [3.63, 3.8) is 0 Å². The first-order valence-electron chi connectivity index (χ1n) is 6.90. The summed E-state index contributed by atoms with van der Waals surface area (Å²) in [5, 5.41) is 42.2. The van der Waals surface area contributed by atoms with E-state index in [0.717, 1.165) is 17.5 Å². The number of rotatable bonds is 6. The lowest BCUT2D eigenvalue weighted by Crippen LogP contribution is -2.39. The minimum Gasteiger partial charge on any atom is -0.479 e. The number of carboxylic acids is 2. The van der Waals surface area contributed by atoms with E-state index in [1.54, 1.807) is 12.4 Å². The molecule has 0 saturated heterocycles. The number of nitrogens with zero attached hydrogens (tertiary/aromatic N) is 1. The van der Waals surface area contributed by atoms with Crippen molar-refractivity contribution < 1.29 is 35.1 Å². The van der Waals surface area contributed by atoms with E-state index < -0.39 is 34.0 Å². The molecule has 5 N–H and O–H groups in total. The molecule has 0 aliphatic rings. The van der Waals surface area contributed by atoms with E-state index >= 15 is 0 Å². The molecule has 142 valence electrons. The fourth-order valence-electron chi connectivity index (χ4n) is 1.57. The second-order valence-corrected chi connectivity index (χ2v) is 7.19. The second kappa shape index (κ2) is 10.7.